The van der Waals surface area contributed by atoms with E-state index in [2.05, 4.69) is 20.9 Å². The van der Waals surface area contributed by atoms with Crippen molar-refractivity contribution >= 4 is 52.3 Å². The van der Waals surface area contributed by atoms with Gasteiger partial charge in [-0.05, 0) is 54.2 Å². The van der Waals surface area contributed by atoms with Crippen LogP contribution in [-0.2, 0) is 36.8 Å². The minimum atomic E-state index is -1.50. The summed E-state index contributed by atoms with van der Waals surface area (Å²) in [6.07, 6.45) is 3.27. The third-order valence-corrected chi connectivity index (χ3v) is 7.37. The normalized spacial score (nSPS) is 13.8. The van der Waals surface area contributed by atoms with Gasteiger partial charge >= 0.3 is 5.97 Å². The Morgan fingerprint density at radius 1 is 0.884 bits per heavy atom. The van der Waals surface area contributed by atoms with Gasteiger partial charge in [0, 0.05) is 23.5 Å². The molecule has 13 nitrogen and oxygen atoms in total. The highest BCUT2D eigenvalue weighted by molar-refractivity contribution is 7.98. The van der Waals surface area contributed by atoms with E-state index in [0.29, 0.717) is 11.3 Å². The molecule has 0 saturated heterocycles. The van der Waals surface area contributed by atoms with Gasteiger partial charge in [-0.1, -0.05) is 30.3 Å². The molecule has 1 aromatic heterocycles. The molecule has 3 aromatic rings. The molecule has 0 bridgehead atoms. The molecule has 4 atom stereocenters. The van der Waals surface area contributed by atoms with Crippen LogP contribution in [0.3, 0.4) is 0 Å². The summed E-state index contributed by atoms with van der Waals surface area (Å²) in [5.74, 6) is -4.06. The number of thioether (sulfide) groups is 1. The minimum Gasteiger partial charge on any atom is -0.508 e. The van der Waals surface area contributed by atoms with E-state index in [0.717, 1.165) is 16.5 Å². The molecular weight excluding hydrogens is 576 g/mol. The number of phenolic OH excluding ortho intramolecular Hbond substituents is 1. The average Bonchev–Trinajstić information content (AvgIpc) is 3.37. The lowest BCUT2D eigenvalue weighted by molar-refractivity contribution is -0.142. The van der Waals surface area contributed by atoms with Gasteiger partial charge in [0.25, 0.3) is 0 Å². The number of rotatable bonds is 16. The molecule has 0 fully saturated rings. The van der Waals surface area contributed by atoms with Crippen LogP contribution in [0.25, 0.3) is 10.9 Å². The third-order valence-electron chi connectivity index (χ3n) is 6.72. The number of carboxylic acid groups (broad SMARTS) is 1. The maximum Gasteiger partial charge on any atom is 0.326 e. The topological polar surface area (TPSA) is 230 Å². The summed E-state index contributed by atoms with van der Waals surface area (Å²) in [6, 6.07) is 8.34. The van der Waals surface area contributed by atoms with E-state index in [-0.39, 0.29) is 25.0 Å². The molecule has 2 aromatic carbocycles. The van der Waals surface area contributed by atoms with Gasteiger partial charge in [0.05, 0.1) is 12.5 Å². The highest BCUT2D eigenvalue weighted by atomic mass is 32.2. The van der Waals surface area contributed by atoms with Crippen molar-refractivity contribution in [2.45, 2.75) is 49.9 Å². The van der Waals surface area contributed by atoms with Gasteiger partial charge in [-0.3, -0.25) is 19.2 Å². The number of primary amides is 1. The van der Waals surface area contributed by atoms with Gasteiger partial charge in [0.2, 0.25) is 23.6 Å². The highest BCUT2D eigenvalue weighted by Crippen LogP contribution is 2.19. The predicted molar refractivity (Wildman–Crippen MR) is 162 cm³/mol. The molecule has 4 amide bonds. The third kappa shape index (κ3) is 9.75. The van der Waals surface area contributed by atoms with E-state index in [9.17, 15) is 34.2 Å². The Balaban J connectivity index is 1.69. The van der Waals surface area contributed by atoms with Crippen LogP contribution in [0.2, 0.25) is 0 Å². The first-order valence-electron chi connectivity index (χ1n) is 13.5. The number of hydrogen-bond donors (Lipinski definition) is 8. The maximum absolute atomic E-state index is 13.3. The van der Waals surface area contributed by atoms with Crippen LogP contribution in [0.1, 0.15) is 24.0 Å². The number of carbonyl (C=O) groups excluding carboxylic acids is 4. The first kappa shape index (κ1) is 32.9. The SMILES string of the molecule is CSCCC(NC(=O)C(N)Cc1c[nH]c2ccccc12)C(=O)NC(CC(N)=O)C(=O)NC(Cc1ccc(O)cc1)C(=O)O. The van der Waals surface area contributed by atoms with Crippen molar-refractivity contribution in [2.24, 2.45) is 11.5 Å². The molecule has 0 radical (unpaired) electrons. The Hall–Kier alpha value is -4.56. The minimum absolute atomic E-state index is 0.00839. The molecule has 0 aliphatic rings. The Labute approximate surface area is 252 Å². The van der Waals surface area contributed by atoms with E-state index < -0.39 is 60.2 Å². The van der Waals surface area contributed by atoms with Gasteiger partial charge < -0.3 is 42.6 Å². The number of carbonyl (C=O) groups is 5. The molecule has 0 saturated carbocycles. The fraction of sp³-hybridized carbons (Fsp3) is 0.345. The second-order valence-corrected chi connectivity index (χ2v) is 11.0. The summed E-state index contributed by atoms with van der Waals surface area (Å²) >= 11 is 1.44. The standard InChI is InChI=1S/C29H36N6O7S/c1-43-11-10-22(33-26(38)20(30)13-17-15-32-21-5-3-2-4-19(17)21)27(39)34-23(14-25(31)37)28(40)35-24(29(41)42)12-16-6-8-18(36)9-7-16/h2-9,15,20,22-24,32,36H,10-14,30H2,1H3,(H2,31,37)(H,33,38)(H,34,39)(H,35,40)(H,41,42). The molecule has 43 heavy (non-hydrogen) atoms. The Bertz CT molecular complexity index is 1440. The summed E-state index contributed by atoms with van der Waals surface area (Å²) in [7, 11) is 0. The summed E-state index contributed by atoms with van der Waals surface area (Å²) in [4.78, 5) is 66.1. The van der Waals surface area contributed by atoms with E-state index >= 15 is 0 Å². The van der Waals surface area contributed by atoms with Crippen LogP contribution in [0.5, 0.6) is 5.75 Å². The number of aliphatic carboxylic acids is 1. The van der Waals surface area contributed by atoms with Crippen molar-refractivity contribution in [1.82, 2.24) is 20.9 Å². The molecule has 230 valence electrons. The number of nitrogens with one attached hydrogen (secondary N) is 4. The highest BCUT2D eigenvalue weighted by Gasteiger charge is 2.31. The molecule has 0 aliphatic carbocycles. The molecule has 1 heterocycles. The number of phenols is 1. The van der Waals surface area contributed by atoms with Crippen LogP contribution in [-0.4, -0.2) is 81.0 Å². The average molecular weight is 613 g/mol. The maximum atomic E-state index is 13.3. The van der Waals surface area contributed by atoms with Crippen LogP contribution < -0.4 is 27.4 Å². The molecule has 3 rings (SSSR count). The van der Waals surface area contributed by atoms with Crippen molar-refractivity contribution in [2.75, 3.05) is 12.0 Å². The van der Waals surface area contributed by atoms with Crippen LogP contribution in [0.15, 0.2) is 54.7 Å². The summed E-state index contributed by atoms with van der Waals surface area (Å²) in [6.45, 7) is 0. The molecule has 14 heteroatoms. The second-order valence-electron chi connectivity index (χ2n) is 10.0. The molecule has 0 spiro atoms. The molecule has 0 aliphatic heterocycles. The van der Waals surface area contributed by atoms with Crippen molar-refractivity contribution in [3.05, 3.63) is 65.9 Å². The fourth-order valence-electron chi connectivity index (χ4n) is 4.44. The van der Waals surface area contributed by atoms with E-state index in [4.69, 9.17) is 11.5 Å². The number of benzene rings is 2. The van der Waals surface area contributed by atoms with Crippen LogP contribution >= 0.6 is 11.8 Å². The first-order chi connectivity index (χ1) is 20.5. The van der Waals surface area contributed by atoms with Gasteiger partial charge in [-0.15, -0.1) is 0 Å². The number of aromatic nitrogens is 1. The second kappa shape index (κ2) is 15.6. The lowest BCUT2D eigenvalue weighted by Crippen LogP contribution is -2.58. The fourth-order valence-corrected chi connectivity index (χ4v) is 4.91. The van der Waals surface area contributed by atoms with Gasteiger partial charge in [0.15, 0.2) is 0 Å². The number of nitrogens with two attached hydrogens (primary N) is 2. The van der Waals surface area contributed by atoms with Crippen molar-refractivity contribution < 1.29 is 34.2 Å². The smallest absolute Gasteiger partial charge is 0.326 e. The number of hydrogen-bond acceptors (Lipinski definition) is 8. The zero-order valence-electron chi connectivity index (χ0n) is 23.5. The van der Waals surface area contributed by atoms with E-state index in [1.807, 2.05) is 30.5 Å². The molecule has 4 unspecified atom stereocenters. The summed E-state index contributed by atoms with van der Waals surface area (Å²) in [5.41, 5.74) is 13.8. The lowest BCUT2D eigenvalue weighted by atomic mass is 10.0. The van der Waals surface area contributed by atoms with Gasteiger partial charge in [0.1, 0.15) is 23.9 Å². The van der Waals surface area contributed by atoms with Gasteiger partial charge in [-0.25, -0.2) is 4.79 Å². The van der Waals surface area contributed by atoms with Crippen LogP contribution in [0, 0.1) is 0 Å². The zero-order chi connectivity index (χ0) is 31.5. The Kier molecular flexibility index (Phi) is 12.0. The lowest BCUT2D eigenvalue weighted by Gasteiger charge is -2.25. The predicted octanol–water partition coefficient (Wildman–Crippen LogP) is 0.154. The summed E-state index contributed by atoms with van der Waals surface area (Å²) in [5, 5.41) is 27.5. The van der Waals surface area contributed by atoms with E-state index in [1.165, 1.54) is 36.0 Å². The first-order valence-corrected chi connectivity index (χ1v) is 14.9. The van der Waals surface area contributed by atoms with Crippen molar-refractivity contribution in [1.29, 1.82) is 0 Å². The number of carboxylic acids is 1. The number of H-pyrrole nitrogens is 1. The number of aromatic hydroxyl groups is 1. The number of fused-ring (bicyclic) bond motifs is 1. The monoisotopic (exact) mass is 612 g/mol. The molecular formula is C29H36N6O7S. The quantitative estimate of drug-likeness (QED) is 0.110. The zero-order valence-corrected chi connectivity index (χ0v) is 24.4. The molecule has 10 N–H and O–H groups in total. The number of aromatic amines is 1. The van der Waals surface area contributed by atoms with Crippen molar-refractivity contribution in [3.8, 4) is 5.75 Å². The number of para-hydroxylation sites is 1. The number of amides is 4. The Morgan fingerprint density at radius 3 is 2.16 bits per heavy atom. The Morgan fingerprint density at radius 2 is 1.51 bits per heavy atom. The largest absolute Gasteiger partial charge is 0.508 e. The summed E-state index contributed by atoms with van der Waals surface area (Å²) < 4.78 is 0. The van der Waals surface area contributed by atoms with Crippen LogP contribution in [0.4, 0.5) is 0 Å². The van der Waals surface area contributed by atoms with E-state index in [1.54, 1.807) is 6.20 Å². The van der Waals surface area contributed by atoms with Gasteiger partial charge in [-0.2, -0.15) is 11.8 Å². The van der Waals surface area contributed by atoms with Crippen molar-refractivity contribution in [3.63, 3.8) is 0 Å².